The highest BCUT2D eigenvalue weighted by Gasteiger charge is 2.60. The van der Waals surface area contributed by atoms with Gasteiger partial charge in [0.2, 0.25) is 0 Å². The number of carbonyl (C=O) groups excluding carboxylic acids is 1. The molecule has 6 nitrogen and oxygen atoms in total. The standard InChI is InChI=1S/C22H27F6N3O3/c1-3-6-15(4-2)17-13-16(29-34-17)14-31-10-5-7-20(31)8-11-30(12-9-20)19(32)33-18(21(23,24)25)22(26,27)28/h3-4,6,13,18H,5,7-12,14H2,1-2H3/b6-3-,15-4+. The van der Waals surface area contributed by atoms with Gasteiger partial charge in [-0.2, -0.15) is 26.3 Å². The van der Waals surface area contributed by atoms with Gasteiger partial charge in [-0.15, -0.1) is 0 Å². The Morgan fingerprint density at radius 3 is 2.35 bits per heavy atom. The molecule has 1 aromatic rings. The molecular weight excluding hydrogens is 468 g/mol. The van der Waals surface area contributed by atoms with Crippen molar-refractivity contribution >= 4 is 11.7 Å². The van der Waals surface area contributed by atoms with Crippen LogP contribution in [0.5, 0.6) is 0 Å². The molecule has 0 aromatic carbocycles. The summed E-state index contributed by atoms with van der Waals surface area (Å²) in [5.74, 6) is 0.630. The lowest BCUT2D eigenvalue weighted by Gasteiger charge is -2.44. The van der Waals surface area contributed by atoms with Crippen LogP contribution >= 0.6 is 0 Å². The molecule has 2 saturated heterocycles. The number of amides is 1. The van der Waals surface area contributed by atoms with Crippen LogP contribution in [0.4, 0.5) is 31.1 Å². The largest absolute Gasteiger partial charge is 0.434 e. The van der Waals surface area contributed by atoms with Crippen LogP contribution < -0.4 is 0 Å². The summed E-state index contributed by atoms with van der Waals surface area (Å²) in [6.07, 6.45) is -9.00. The second-order valence-electron chi connectivity index (χ2n) is 8.51. The van der Waals surface area contributed by atoms with Crippen LogP contribution in [0.25, 0.3) is 5.57 Å². The lowest BCUT2D eigenvalue weighted by atomic mass is 9.85. The zero-order valence-electron chi connectivity index (χ0n) is 18.9. The first-order valence-corrected chi connectivity index (χ1v) is 11.0. The SMILES string of the molecule is C/C=C\C(=C/C)c1cc(CN2CCCC23CCN(C(=O)OC(C(F)(F)F)C(F)(F)F)CC3)no1. The zero-order chi connectivity index (χ0) is 25.1. The molecule has 0 unspecified atom stereocenters. The lowest BCUT2D eigenvalue weighted by molar-refractivity contribution is -0.308. The molecule has 190 valence electrons. The normalized spacial score (nSPS) is 20.1. The molecule has 2 fully saturated rings. The molecule has 0 atom stereocenters. The van der Waals surface area contributed by atoms with E-state index >= 15 is 0 Å². The van der Waals surface area contributed by atoms with Gasteiger partial charge in [-0.25, -0.2) is 4.79 Å². The summed E-state index contributed by atoms with van der Waals surface area (Å²) in [6, 6.07) is 1.85. The van der Waals surface area contributed by atoms with Crippen LogP contribution in [-0.2, 0) is 11.3 Å². The van der Waals surface area contributed by atoms with E-state index in [4.69, 9.17) is 4.52 Å². The van der Waals surface area contributed by atoms with Crippen LogP contribution in [0, 0.1) is 0 Å². The molecule has 0 saturated carbocycles. The fourth-order valence-corrected chi connectivity index (χ4v) is 4.63. The first-order chi connectivity index (χ1) is 15.9. The van der Waals surface area contributed by atoms with Gasteiger partial charge in [0.25, 0.3) is 6.10 Å². The number of alkyl halides is 6. The summed E-state index contributed by atoms with van der Waals surface area (Å²) in [7, 11) is 0. The highest BCUT2D eigenvalue weighted by molar-refractivity contribution is 5.70. The maximum absolute atomic E-state index is 12.7. The molecule has 2 aliphatic rings. The van der Waals surface area contributed by atoms with Gasteiger partial charge in [0.05, 0.1) is 5.69 Å². The van der Waals surface area contributed by atoms with Gasteiger partial charge >= 0.3 is 18.4 Å². The Morgan fingerprint density at radius 1 is 1.15 bits per heavy atom. The van der Waals surface area contributed by atoms with Crippen molar-refractivity contribution in [2.24, 2.45) is 0 Å². The lowest BCUT2D eigenvalue weighted by Crippen LogP contribution is -2.54. The average Bonchev–Trinajstić information content (AvgIpc) is 3.37. The minimum atomic E-state index is -5.73. The van der Waals surface area contributed by atoms with Crippen LogP contribution in [-0.4, -0.2) is 64.7 Å². The molecule has 12 heteroatoms. The molecule has 0 N–H and O–H groups in total. The van der Waals surface area contributed by atoms with E-state index in [0.717, 1.165) is 35.6 Å². The number of hydrogen-bond donors (Lipinski definition) is 0. The number of hydrogen-bond acceptors (Lipinski definition) is 5. The Balaban J connectivity index is 1.63. The fraction of sp³-hybridized carbons (Fsp3) is 0.636. The van der Waals surface area contributed by atoms with Crippen molar-refractivity contribution in [3.05, 3.63) is 35.7 Å². The molecule has 1 aromatic heterocycles. The second kappa shape index (κ2) is 10.0. The third kappa shape index (κ3) is 5.76. The minimum Gasteiger partial charge on any atom is -0.426 e. The van der Waals surface area contributed by atoms with Crippen LogP contribution in [0.3, 0.4) is 0 Å². The number of nitrogens with zero attached hydrogens (tertiary/aromatic N) is 3. The van der Waals surface area contributed by atoms with Crippen molar-refractivity contribution < 1.29 is 40.4 Å². The van der Waals surface area contributed by atoms with Gasteiger partial charge < -0.3 is 14.2 Å². The van der Waals surface area contributed by atoms with E-state index < -0.39 is 24.5 Å². The topological polar surface area (TPSA) is 58.8 Å². The van der Waals surface area contributed by atoms with Crippen molar-refractivity contribution in [2.75, 3.05) is 19.6 Å². The molecule has 34 heavy (non-hydrogen) atoms. The first-order valence-electron chi connectivity index (χ1n) is 11.0. The third-order valence-electron chi connectivity index (χ3n) is 6.36. The van der Waals surface area contributed by atoms with Crippen LogP contribution in [0.1, 0.15) is 51.0 Å². The van der Waals surface area contributed by atoms with Crippen molar-refractivity contribution in [3.8, 4) is 0 Å². The van der Waals surface area contributed by atoms with Gasteiger partial charge in [-0.1, -0.05) is 23.4 Å². The Morgan fingerprint density at radius 2 is 1.79 bits per heavy atom. The Bertz CT molecular complexity index is 900. The van der Waals surface area contributed by atoms with Gasteiger partial charge in [-0.05, 0) is 46.1 Å². The average molecular weight is 495 g/mol. The predicted octanol–water partition coefficient (Wildman–Crippen LogP) is 5.71. The molecule has 0 bridgehead atoms. The highest BCUT2D eigenvalue weighted by atomic mass is 19.4. The van der Waals surface area contributed by atoms with Gasteiger partial charge in [-0.3, -0.25) is 4.90 Å². The van der Waals surface area contributed by atoms with Crippen LogP contribution in [0.15, 0.2) is 28.8 Å². The Labute approximate surface area is 193 Å². The number of likely N-dealkylation sites (tertiary alicyclic amines) is 2. The molecular formula is C22H27F6N3O3. The summed E-state index contributed by atoms with van der Waals surface area (Å²) < 4.78 is 85.6. The van der Waals surface area contributed by atoms with E-state index in [1.165, 1.54) is 0 Å². The summed E-state index contributed by atoms with van der Waals surface area (Å²) in [6.45, 7) is 5.05. The number of allylic oxidation sites excluding steroid dienone is 4. The minimum absolute atomic E-state index is 0.00580. The second-order valence-corrected chi connectivity index (χ2v) is 8.51. The van der Waals surface area contributed by atoms with Crippen molar-refractivity contribution in [1.82, 2.24) is 15.0 Å². The smallest absolute Gasteiger partial charge is 0.426 e. The molecule has 3 rings (SSSR count). The Hall–Kier alpha value is -2.50. The number of carbonyl (C=O) groups is 1. The van der Waals surface area contributed by atoms with Crippen LogP contribution in [0.2, 0.25) is 0 Å². The number of piperidine rings is 1. The number of ether oxygens (including phenoxy) is 1. The van der Waals surface area contributed by atoms with E-state index in [1.807, 2.05) is 38.1 Å². The van der Waals surface area contributed by atoms with E-state index in [9.17, 15) is 31.1 Å². The van der Waals surface area contributed by atoms with E-state index in [-0.39, 0.29) is 18.6 Å². The molecule has 0 aliphatic carbocycles. The number of rotatable bonds is 5. The van der Waals surface area contributed by atoms with Gasteiger partial charge in [0.15, 0.2) is 5.76 Å². The maximum atomic E-state index is 12.7. The van der Waals surface area contributed by atoms with Crippen molar-refractivity contribution in [3.63, 3.8) is 0 Å². The maximum Gasteiger partial charge on any atom is 0.434 e. The molecule has 1 amide bonds. The Kier molecular flexibility index (Phi) is 7.69. The summed E-state index contributed by atoms with van der Waals surface area (Å²) in [5.41, 5.74) is 1.30. The van der Waals surface area contributed by atoms with Gasteiger partial charge in [0, 0.05) is 36.8 Å². The summed E-state index contributed by atoms with van der Waals surface area (Å²) >= 11 is 0. The number of aromatic nitrogens is 1. The molecule has 1 spiro atoms. The molecule has 3 heterocycles. The monoisotopic (exact) mass is 495 g/mol. The first kappa shape index (κ1) is 26.1. The van der Waals surface area contributed by atoms with E-state index in [1.54, 1.807) is 0 Å². The number of halogens is 6. The summed E-state index contributed by atoms with van der Waals surface area (Å²) in [5, 5.41) is 4.14. The van der Waals surface area contributed by atoms with Gasteiger partial charge in [0.1, 0.15) is 0 Å². The fourth-order valence-electron chi connectivity index (χ4n) is 4.63. The van der Waals surface area contributed by atoms with Crippen molar-refractivity contribution in [1.29, 1.82) is 0 Å². The quantitative estimate of drug-likeness (QED) is 0.387. The zero-order valence-corrected chi connectivity index (χ0v) is 18.9. The predicted molar refractivity (Wildman–Crippen MR) is 111 cm³/mol. The van der Waals surface area contributed by atoms with E-state index in [0.29, 0.717) is 25.1 Å². The molecule has 2 aliphatic heterocycles. The third-order valence-corrected chi connectivity index (χ3v) is 6.36. The van der Waals surface area contributed by atoms with E-state index in [2.05, 4.69) is 14.8 Å². The highest BCUT2D eigenvalue weighted by Crippen LogP contribution is 2.40. The molecule has 0 radical (unpaired) electrons. The van der Waals surface area contributed by atoms with Crippen molar-refractivity contribution in [2.45, 2.75) is 70.1 Å². The summed E-state index contributed by atoms with van der Waals surface area (Å²) in [4.78, 5) is 15.2.